The van der Waals surface area contributed by atoms with Crippen molar-refractivity contribution in [2.24, 2.45) is 4.99 Å². The van der Waals surface area contributed by atoms with E-state index in [4.69, 9.17) is 0 Å². The number of rotatable bonds is 7. The number of nitrogens with zero attached hydrogens (tertiary/aromatic N) is 3. The second-order valence-corrected chi connectivity index (χ2v) is 7.71. The number of aliphatic imine (C=N–C) groups is 1. The van der Waals surface area contributed by atoms with Gasteiger partial charge in [-0.2, -0.15) is 0 Å². The first-order chi connectivity index (χ1) is 13.9. The molecule has 160 valence electrons. The third-order valence-corrected chi connectivity index (χ3v) is 5.02. The Bertz CT molecular complexity index is 725. The van der Waals surface area contributed by atoms with Crippen molar-refractivity contribution in [2.75, 3.05) is 26.2 Å². The highest BCUT2D eigenvalue weighted by Gasteiger charge is 2.24. The third-order valence-electron chi connectivity index (χ3n) is 5.02. The van der Waals surface area contributed by atoms with E-state index in [1.807, 2.05) is 31.9 Å². The summed E-state index contributed by atoms with van der Waals surface area (Å²) in [7, 11) is 0. The van der Waals surface area contributed by atoms with Gasteiger partial charge < -0.3 is 20.4 Å². The molecule has 29 heavy (non-hydrogen) atoms. The highest BCUT2D eigenvalue weighted by molar-refractivity contribution is 6.15. The average Bonchev–Trinajstić information content (AvgIpc) is 3.12. The van der Waals surface area contributed by atoms with E-state index in [0.717, 1.165) is 50.3 Å². The van der Waals surface area contributed by atoms with Crippen molar-refractivity contribution in [3.63, 3.8) is 0 Å². The van der Waals surface area contributed by atoms with E-state index in [1.54, 1.807) is 6.20 Å². The lowest BCUT2D eigenvalue weighted by Gasteiger charge is -2.36. The monoisotopic (exact) mass is 401 g/mol. The Morgan fingerprint density at radius 1 is 1.17 bits per heavy atom. The van der Waals surface area contributed by atoms with Crippen molar-refractivity contribution in [1.29, 1.82) is 0 Å². The molecule has 1 fully saturated rings. The van der Waals surface area contributed by atoms with E-state index < -0.39 is 0 Å². The number of amides is 2. The molecule has 0 saturated carbocycles. The maximum Gasteiger partial charge on any atom is 0.253 e. The van der Waals surface area contributed by atoms with Crippen LogP contribution in [0, 0.1) is 0 Å². The molecule has 2 amide bonds. The molecule has 2 N–H and O–H groups in total. The first-order valence-corrected chi connectivity index (χ1v) is 10.6. The Labute approximate surface area is 174 Å². The van der Waals surface area contributed by atoms with Gasteiger partial charge in [-0.05, 0) is 27.2 Å². The summed E-state index contributed by atoms with van der Waals surface area (Å²) in [5.41, 5.74) is 2.55. The van der Waals surface area contributed by atoms with Gasteiger partial charge in [0.2, 0.25) is 5.91 Å². The molecule has 2 heterocycles. The van der Waals surface area contributed by atoms with Gasteiger partial charge in [0.15, 0.2) is 0 Å². The summed E-state index contributed by atoms with van der Waals surface area (Å²) in [4.78, 5) is 33.0. The Hall–Kier alpha value is -2.57. The molecular weight excluding hydrogens is 366 g/mol. The number of carbonyl (C=O) groups is 2. The van der Waals surface area contributed by atoms with Crippen LogP contribution >= 0.6 is 0 Å². The summed E-state index contributed by atoms with van der Waals surface area (Å²) in [6.07, 6.45) is 8.10. The van der Waals surface area contributed by atoms with E-state index in [9.17, 15) is 9.59 Å². The summed E-state index contributed by atoms with van der Waals surface area (Å²) in [5, 5.41) is 6.23. The first-order valence-electron chi connectivity index (χ1n) is 10.6. The largest absolute Gasteiger partial charge is 0.370 e. The normalized spacial score (nSPS) is 18.8. The van der Waals surface area contributed by atoms with Gasteiger partial charge in [0.05, 0.1) is 5.57 Å². The Morgan fingerprint density at radius 2 is 1.83 bits per heavy atom. The maximum absolute atomic E-state index is 12.5. The van der Waals surface area contributed by atoms with Gasteiger partial charge in [-0.1, -0.05) is 26.3 Å². The molecule has 0 aromatic heterocycles. The minimum absolute atomic E-state index is 0.0771. The molecule has 0 unspecified atom stereocenters. The number of piperazine rings is 1. The van der Waals surface area contributed by atoms with Crippen LogP contribution in [0.15, 0.2) is 40.3 Å². The van der Waals surface area contributed by atoms with Crippen LogP contribution in [0.25, 0.3) is 0 Å². The molecule has 0 aromatic rings. The lowest BCUT2D eigenvalue weighted by molar-refractivity contribution is -0.132. The summed E-state index contributed by atoms with van der Waals surface area (Å²) in [5.74, 6) is 0.820. The fourth-order valence-corrected chi connectivity index (χ4v) is 3.32. The third kappa shape index (κ3) is 6.21. The van der Waals surface area contributed by atoms with Crippen LogP contribution in [0.3, 0.4) is 0 Å². The Morgan fingerprint density at radius 3 is 2.41 bits per heavy atom. The lowest BCUT2D eigenvalue weighted by atomic mass is 10.0. The van der Waals surface area contributed by atoms with E-state index in [-0.39, 0.29) is 17.9 Å². The summed E-state index contributed by atoms with van der Waals surface area (Å²) in [6, 6.07) is 0.0771. The van der Waals surface area contributed by atoms with Crippen molar-refractivity contribution in [3.8, 4) is 0 Å². The SMILES string of the molecule is CCC/C=C1\C(C(=O)NC(C)C)=CN=C1N/C=C(\C)N1CCN(C(=O)CC)CC1. The fraction of sp³-hybridized carbons (Fsp3) is 0.591. The number of hydrogen-bond acceptors (Lipinski definition) is 5. The minimum atomic E-state index is -0.0969. The van der Waals surface area contributed by atoms with Gasteiger partial charge in [-0.25, -0.2) is 4.99 Å². The van der Waals surface area contributed by atoms with Crippen LogP contribution in [0.1, 0.15) is 53.9 Å². The van der Waals surface area contributed by atoms with Crippen molar-refractivity contribution >= 4 is 17.6 Å². The predicted molar refractivity (Wildman–Crippen MR) is 117 cm³/mol. The summed E-state index contributed by atoms with van der Waals surface area (Å²) in [6.45, 7) is 13.1. The summed E-state index contributed by atoms with van der Waals surface area (Å²) >= 11 is 0. The number of unbranched alkanes of at least 4 members (excludes halogenated alkanes) is 1. The number of carbonyl (C=O) groups excluding carboxylic acids is 2. The molecule has 2 aliphatic rings. The number of nitrogens with one attached hydrogen (secondary N) is 2. The number of hydrogen-bond donors (Lipinski definition) is 2. The molecular formula is C22H35N5O2. The zero-order valence-electron chi connectivity index (χ0n) is 18.4. The van der Waals surface area contributed by atoms with Gasteiger partial charge in [0.25, 0.3) is 5.91 Å². The number of allylic oxidation sites excluding steroid dienone is 2. The Kier molecular flexibility index (Phi) is 8.49. The van der Waals surface area contributed by atoms with Gasteiger partial charge >= 0.3 is 0 Å². The van der Waals surface area contributed by atoms with Crippen molar-refractivity contribution < 1.29 is 9.59 Å². The second-order valence-electron chi connectivity index (χ2n) is 7.71. The standard InChI is InChI=1S/C22H35N5O2/c1-6-8-9-18-19(22(29)25-16(3)4)15-24-21(18)23-14-17(5)26-10-12-27(13-11-26)20(28)7-2/h9,14-16H,6-8,10-13H2,1-5H3,(H,23,24)(H,25,29)/b17-14+,18-9+. The molecule has 0 atom stereocenters. The molecule has 0 bridgehead atoms. The fourth-order valence-electron chi connectivity index (χ4n) is 3.32. The highest BCUT2D eigenvalue weighted by atomic mass is 16.2. The van der Waals surface area contributed by atoms with E-state index in [0.29, 0.717) is 17.8 Å². The quantitative estimate of drug-likeness (QED) is 0.687. The second kappa shape index (κ2) is 10.8. The van der Waals surface area contributed by atoms with Crippen molar-refractivity contribution in [1.82, 2.24) is 20.4 Å². The molecule has 7 heteroatoms. The molecule has 0 aromatic carbocycles. The van der Waals surface area contributed by atoms with E-state index >= 15 is 0 Å². The molecule has 2 rings (SSSR count). The summed E-state index contributed by atoms with van der Waals surface area (Å²) < 4.78 is 0. The lowest BCUT2D eigenvalue weighted by Crippen LogP contribution is -2.47. The van der Waals surface area contributed by atoms with Crippen LogP contribution in [0.2, 0.25) is 0 Å². The van der Waals surface area contributed by atoms with Crippen molar-refractivity contribution in [2.45, 2.75) is 59.9 Å². The minimum Gasteiger partial charge on any atom is -0.370 e. The molecule has 1 saturated heterocycles. The van der Waals surface area contributed by atoms with Crippen LogP contribution in [0.5, 0.6) is 0 Å². The van der Waals surface area contributed by atoms with Gasteiger partial charge in [-0.15, -0.1) is 0 Å². The predicted octanol–water partition coefficient (Wildman–Crippen LogP) is 2.54. The zero-order valence-corrected chi connectivity index (χ0v) is 18.4. The van der Waals surface area contributed by atoms with Crippen molar-refractivity contribution in [3.05, 3.63) is 35.3 Å². The molecule has 0 spiro atoms. The maximum atomic E-state index is 12.5. The van der Waals surface area contributed by atoms with Crippen LogP contribution in [0.4, 0.5) is 0 Å². The first kappa shape index (κ1) is 22.7. The van der Waals surface area contributed by atoms with Crippen LogP contribution in [-0.4, -0.2) is 59.7 Å². The van der Waals surface area contributed by atoms with Crippen LogP contribution < -0.4 is 10.6 Å². The average molecular weight is 402 g/mol. The molecule has 0 aliphatic carbocycles. The molecule has 2 aliphatic heterocycles. The zero-order chi connectivity index (χ0) is 21.4. The van der Waals surface area contributed by atoms with Gasteiger partial charge in [0.1, 0.15) is 5.84 Å². The molecule has 0 radical (unpaired) electrons. The van der Waals surface area contributed by atoms with E-state index in [1.165, 1.54) is 0 Å². The van der Waals surface area contributed by atoms with Gasteiger partial charge in [0, 0.05) is 62.3 Å². The van der Waals surface area contributed by atoms with Crippen LogP contribution in [-0.2, 0) is 9.59 Å². The molecule has 7 nitrogen and oxygen atoms in total. The number of amidine groups is 1. The smallest absolute Gasteiger partial charge is 0.253 e. The van der Waals surface area contributed by atoms with E-state index in [2.05, 4.69) is 40.4 Å². The Balaban J connectivity index is 2.00. The highest BCUT2D eigenvalue weighted by Crippen LogP contribution is 2.20. The topological polar surface area (TPSA) is 77.0 Å². The van der Waals surface area contributed by atoms with Gasteiger partial charge in [-0.3, -0.25) is 9.59 Å².